The van der Waals surface area contributed by atoms with Crippen molar-refractivity contribution in [3.8, 4) is 5.75 Å². The number of piperidine rings is 1. The van der Waals surface area contributed by atoms with Crippen molar-refractivity contribution < 1.29 is 14.3 Å². The van der Waals surface area contributed by atoms with Crippen LogP contribution in [0, 0.1) is 5.82 Å². The van der Waals surface area contributed by atoms with Crippen LogP contribution in [-0.4, -0.2) is 73.1 Å². The molecule has 0 atom stereocenters. The number of likely N-dealkylation sites (tertiary alicyclic amines) is 1. The number of phenolic OH excluding ortho intramolecular Hbond substituents is 1. The van der Waals surface area contributed by atoms with Gasteiger partial charge in [-0.25, -0.2) is 9.38 Å². The van der Waals surface area contributed by atoms with Gasteiger partial charge in [-0.15, -0.1) is 24.0 Å². The number of carbonyl (C=O) groups is 1. The predicted molar refractivity (Wildman–Crippen MR) is 120 cm³/mol. The number of benzene rings is 1. The van der Waals surface area contributed by atoms with Gasteiger partial charge in [0.2, 0.25) is 5.91 Å². The third-order valence-electron chi connectivity index (χ3n) is 4.56. The first kappa shape index (κ1) is 24.4. The molecule has 0 spiro atoms. The van der Waals surface area contributed by atoms with Gasteiger partial charge in [-0.05, 0) is 37.5 Å². The predicted octanol–water partition coefficient (Wildman–Crippen LogP) is 1.76. The summed E-state index contributed by atoms with van der Waals surface area (Å²) in [6.45, 7) is 5.22. The van der Waals surface area contributed by atoms with E-state index in [4.69, 9.17) is 0 Å². The average Bonchev–Trinajstić information content (AvgIpc) is 2.64. The number of nitrogens with zero attached hydrogens (tertiary/aromatic N) is 3. The van der Waals surface area contributed by atoms with Crippen LogP contribution in [0.1, 0.15) is 25.3 Å². The molecular formula is C19H31FIN5O2. The van der Waals surface area contributed by atoms with Crippen molar-refractivity contribution in [3.63, 3.8) is 0 Å². The summed E-state index contributed by atoms with van der Waals surface area (Å²) in [7, 11) is 3.55. The maximum absolute atomic E-state index is 13.4. The molecule has 1 fully saturated rings. The number of likely N-dealkylation sites (N-methyl/N-ethyl adjacent to an activating group) is 1. The smallest absolute Gasteiger partial charge is 0.236 e. The number of aliphatic imine (C=N–C) groups is 1. The largest absolute Gasteiger partial charge is 0.505 e. The van der Waals surface area contributed by atoms with Crippen LogP contribution in [-0.2, 0) is 11.3 Å². The summed E-state index contributed by atoms with van der Waals surface area (Å²) < 4.78 is 13.4. The van der Waals surface area contributed by atoms with Crippen LogP contribution in [0.3, 0.4) is 0 Å². The van der Waals surface area contributed by atoms with Gasteiger partial charge in [0, 0.05) is 39.8 Å². The highest BCUT2D eigenvalue weighted by molar-refractivity contribution is 14.0. The van der Waals surface area contributed by atoms with Crippen molar-refractivity contribution in [2.24, 2.45) is 4.99 Å². The summed E-state index contributed by atoms with van der Waals surface area (Å²) in [4.78, 5) is 20.1. The summed E-state index contributed by atoms with van der Waals surface area (Å²) in [6, 6.07) is 4.57. The van der Waals surface area contributed by atoms with Gasteiger partial charge in [0.15, 0.2) is 17.5 Å². The molecule has 3 N–H and O–H groups in total. The number of carbonyl (C=O) groups excluding carboxylic acids is 1. The minimum absolute atomic E-state index is 0. The lowest BCUT2D eigenvalue weighted by molar-refractivity contribution is -0.130. The van der Waals surface area contributed by atoms with E-state index in [1.807, 2.05) is 6.92 Å². The molecule has 1 saturated heterocycles. The summed E-state index contributed by atoms with van der Waals surface area (Å²) in [6.07, 6.45) is 1.86. The molecule has 0 radical (unpaired) electrons. The maximum Gasteiger partial charge on any atom is 0.236 e. The van der Waals surface area contributed by atoms with E-state index < -0.39 is 5.82 Å². The Labute approximate surface area is 183 Å². The standard InChI is InChI=1S/C19H30FN5O2.HI/c1-4-21-19(22-12-14-5-6-17(26)16(20)11-14)23-15-7-9-25(10-8-15)13-18(27)24(2)3;/h5-6,11,15,26H,4,7-10,12-13H2,1-3H3,(H2,21,22,23);1H. The minimum atomic E-state index is -0.639. The van der Waals surface area contributed by atoms with E-state index in [0.717, 1.165) is 32.5 Å². The number of phenols is 1. The van der Waals surface area contributed by atoms with E-state index in [9.17, 15) is 14.3 Å². The van der Waals surface area contributed by atoms with Crippen LogP contribution < -0.4 is 10.6 Å². The van der Waals surface area contributed by atoms with Crippen molar-refractivity contribution in [1.82, 2.24) is 20.4 Å². The Kier molecular flexibility index (Phi) is 10.5. The molecule has 1 amide bonds. The number of aromatic hydroxyl groups is 1. The summed E-state index contributed by atoms with van der Waals surface area (Å²) in [5.74, 6) is -0.182. The maximum atomic E-state index is 13.4. The first-order valence-electron chi connectivity index (χ1n) is 9.33. The number of rotatable bonds is 6. The van der Waals surface area contributed by atoms with Crippen LogP contribution in [0.15, 0.2) is 23.2 Å². The number of nitrogens with one attached hydrogen (secondary N) is 2. The summed E-state index contributed by atoms with van der Waals surface area (Å²) in [5, 5.41) is 15.9. The third kappa shape index (κ3) is 7.78. The fourth-order valence-electron chi connectivity index (χ4n) is 2.90. The highest BCUT2D eigenvalue weighted by Crippen LogP contribution is 2.16. The minimum Gasteiger partial charge on any atom is -0.505 e. The number of hydrogen-bond acceptors (Lipinski definition) is 4. The van der Waals surface area contributed by atoms with Gasteiger partial charge in [-0.2, -0.15) is 0 Å². The zero-order chi connectivity index (χ0) is 19.8. The van der Waals surface area contributed by atoms with Crippen LogP contribution in [0.4, 0.5) is 4.39 Å². The molecule has 1 aromatic rings. The normalized spacial score (nSPS) is 15.6. The van der Waals surface area contributed by atoms with Crippen molar-refractivity contribution in [2.75, 3.05) is 40.3 Å². The Morgan fingerprint density at radius 1 is 1.36 bits per heavy atom. The number of amides is 1. The second-order valence-corrected chi connectivity index (χ2v) is 6.96. The number of hydrogen-bond donors (Lipinski definition) is 3. The van der Waals surface area contributed by atoms with Gasteiger partial charge in [-0.3, -0.25) is 9.69 Å². The average molecular weight is 507 g/mol. The SMILES string of the molecule is CCNC(=NCc1ccc(O)c(F)c1)NC1CCN(CC(=O)N(C)C)CC1.I. The zero-order valence-electron chi connectivity index (χ0n) is 16.7. The molecule has 1 aliphatic rings. The topological polar surface area (TPSA) is 80.2 Å². The number of halogens is 2. The van der Waals surface area contributed by atoms with E-state index in [1.54, 1.807) is 25.1 Å². The van der Waals surface area contributed by atoms with Gasteiger partial charge in [0.05, 0.1) is 13.1 Å². The van der Waals surface area contributed by atoms with E-state index in [1.165, 1.54) is 12.1 Å². The molecule has 158 valence electrons. The Bertz CT molecular complexity index is 664. The van der Waals surface area contributed by atoms with Gasteiger partial charge in [0.25, 0.3) is 0 Å². The molecule has 28 heavy (non-hydrogen) atoms. The molecule has 0 unspecified atom stereocenters. The first-order valence-corrected chi connectivity index (χ1v) is 9.33. The highest BCUT2D eigenvalue weighted by Gasteiger charge is 2.22. The Balaban J connectivity index is 0.00000392. The Morgan fingerprint density at radius 3 is 2.61 bits per heavy atom. The van der Waals surface area contributed by atoms with Gasteiger partial charge >= 0.3 is 0 Å². The van der Waals surface area contributed by atoms with E-state index in [0.29, 0.717) is 24.6 Å². The molecule has 0 aromatic heterocycles. The Hall–Kier alpha value is -1.62. The van der Waals surface area contributed by atoms with Crippen LogP contribution in [0.5, 0.6) is 5.75 Å². The number of guanidine groups is 1. The van der Waals surface area contributed by atoms with Gasteiger partial charge in [-0.1, -0.05) is 6.07 Å². The molecule has 2 rings (SSSR count). The fraction of sp³-hybridized carbons (Fsp3) is 0.579. The second kappa shape index (κ2) is 12.1. The van der Waals surface area contributed by atoms with E-state index >= 15 is 0 Å². The van der Waals surface area contributed by atoms with Crippen LogP contribution in [0.25, 0.3) is 0 Å². The molecule has 0 bridgehead atoms. The zero-order valence-corrected chi connectivity index (χ0v) is 19.1. The van der Waals surface area contributed by atoms with Crippen molar-refractivity contribution >= 4 is 35.8 Å². The summed E-state index contributed by atoms with van der Waals surface area (Å²) >= 11 is 0. The third-order valence-corrected chi connectivity index (χ3v) is 4.56. The molecule has 1 aromatic carbocycles. The lowest BCUT2D eigenvalue weighted by Gasteiger charge is -2.33. The van der Waals surface area contributed by atoms with E-state index in [-0.39, 0.29) is 41.7 Å². The van der Waals surface area contributed by atoms with Crippen LogP contribution in [0.2, 0.25) is 0 Å². The summed E-state index contributed by atoms with van der Waals surface area (Å²) in [5.41, 5.74) is 0.694. The molecule has 1 heterocycles. The highest BCUT2D eigenvalue weighted by atomic mass is 127. The molecule has 7 nitrogen and oxygen atoms in total. The fourth-order valence-corrected chi connectivity index (χ4v) is 2.90. The first-order chi connectivity index (χ1) is 12.9. The van der Waals surface area contributed by atoms with Crippen molar-refractivity contribution in [1.29, 1.82) is 0 Å². The Morgan fingerprint density at radius 2 is 2.04 bits per heavy atom. The lowest BCUT2D eigenvalue weighted by Crippen LogP contribution is -2.50. The monoisotopic (exact) mass is 507 g/mol. The van der Waals surface area contributed by atoms with Crippen molar-refractivity contribution in [3.05, 3.63) is 29.6 Å². The lowest BCUT2D eigenvalue weighted by atomic mass is 10.1. The van der Waals surface area contributed by atoms with Gasteiger partial charge < -0.3 is 20.6 Å². The second-order valence-electron chi connectivity index (χ2n) is 6.96. The van der Waals surface area contributed by atoms with E-state index in [2.05, 4.69) is 20.5 Å². The molecule has 1 aliphatic heterocycles. The molecule has 0 saturated carbocycles. The molecule has 9 heteroatoms. The van der Waals surface area contributed by atoms with Crippen molar-refractivity contribution in [2.45, 2.75) is 32.4 Å². The molecule has 0 aliphatic carbocycles. The molecular weight excluding hydrogens is 476 g/mol. The van der Waals surface area contributed by atoms with Crippen LogP contribution >= 0.6 is 24.0 Å². The van der Waals surface area contributed by atoms with Gasteiger partial charge in [0.1, 0.15) is 0 Å². The quantitative estimate of drug-likeness (QED) is 0.311.